The molecule has 0 saturated carbocycles. The minimum atomic E-state index is -3.62. The Morgan fingerprint density at radius 2 is 2.23 bits per heavy atom. The van der Waals surface area contributed by atoms with Gasteiger partial charge < -0.3 is 14.8 Å². The van der Waals surface area contributed by atoms with E-state index in [4.69, 9.17) is 9.47 Å². The smallest absolute Gasteiger partial charge is 0.244 e. The van der Waals surface area contributed by atoms with Crippen LogP contribution in [0.2, 0.25) is 0 Å². The average Bonchev–Trinajstić information content (AvgIpc) is 2.89. The largest absolute Gasteiger partial charge is 0.495 e. The third-order valence-electron chi connectivity index (χ3n) is 4.32. The van der Waals surface area contributed by atoms with Gasteiger partial charge in [-0.2, -0.15) is 0 Å². The molecule has 6 nitrogen and oxygen atoms in total. The van der Waals surface area contributed by atoms with E-state index in [2.05, 4.69) is 10.0 Å². The Morgan fingerprint density at radius 1 is 1.41 bits per heavy atom. The van der Waals surface area contributed by atoms with Crippen LogP contribution in [-0.4, -0.2) is 46.9 Å². The molecule has 2 N–H and O–H groups in total. The van der Waals surface area contributed by atoms with Crippen molar-refractivity contribution in [2.24, 2.45) is 0 Å². The van der Waals surface area contributed by atoms with Crippen LogP contribution in [0.25, 0.3) is 0 Å². The molecular formula is C15H22N2O4S. The molecular weight excluding hydrogens is 304 g/mol. The molecule has 0 amide bonds. The second-order valence-electron chi connectivity index (χ2n) is 5.95. The van der Waals surface area contributed by atoms with Crippen LogP contribution in [0.5, 0.6) is 5.75 Å². The van der Waals surface area contributed by atoms with Crippen LogP contribution < -0.4 is 14.8 Å². The molecule has 1 spiro atoms. The summed E-state index contributed by atoms with van der Waals surface area (Å²) in [6, 6.07) is 6.43. The number of para-hydroxylation sites is 1. The van der Waals surface area contributed by atoms with Crippen LogP contribution in [0, 0.1) is 0 Å². The zero-order valence-electron chi connectivity index (χ0n) is 12.7. The number of ether oxygens (including phenoxy) is 2. The van der Waals surface area contributed by atoms with Crippen molar-refractivity contribution in [3.05, 3.63) is 24.3 Å². The summed E-state index contributed by atoms with van der Waals surface area (Å²) in [6.45, 7) is 2.21. The Morgan fingerprint density at radius 3 is 2.95 bits per heavy atom. The number of rotatable bonds is 4. The second kappa shape index (κ2) is 6.16. The van der Waals surface area contributed by atoms with E-state index in [1.165, 1.54) is 7.11 Å². The number of methoxy groups -OCH3 is 1. The van der Waals surface area contributed by atoms with Crippen LogP contribution in [0.1, 0.15) is 19.3 Å². The van der Waals surface area contributed by atoms with Gasteiger partial charge in [0, 0.05) is 12.6 Å². The first-order valence-corrected chi connectivity index (χ1v) is 9.03. The fraction of sp³-hybridized carbons (Fsp3) is 0.600. The first-order valence-electron chi connectivity index (χ1n) is 7.55. The molecule has 2 heterocycles. The highest BCUT2D eigenvalue weighted by molar-refractivity contribution is 7.89. The molecule has 1 aromatic carbocycles. The van der Waals surface area contributed by atoms with Gasteiger partial charge in [0.25, 0.3) is 0 Å². The van der Waals surface area contributed by atoms with Crippen LogP contribution >= 0.6 is 0 Å². The summed E-state index contributed by atoms with van der Waals surface area (Å²) in [6.07, 6.45) is 2.74. The van der Waals surface area contributed by atoms with Gasteiger partial charge in [-0.25, -0.2) is 13.1 Å². The van der Waals surface area contributed by atoms with E-state index in [0.29, 0.717) is 18.8 Å². The first-order chi connectivity index (χ1) is 10.5. The van der Waals surface area contributed by atoms with Crippen LogP contribution in [-0.2, 0) is 14.8 Å². The fourth-order valence-corrected chi connectivity index (χ4v) is 4.67. The van der Waals surface area contributed by atoms with E-state index in [1.54, 1.807) is 24.3 Å². The van der Waals surface area contributed by atoms with Crippen LogP contribution in [0.3, 0.4) is 0 Å². The zero-order chi connectivity index (χ0) is 15.6. The number of hydrogen-bond donors (Lipinski definition) is 2. The molecule has 3 rings (SSSR count). The van der Waals surface area contributed by atoms with Gasteiger partial charge >= 0.3 is 0 Å². The molecule has 2 atom stereocenters. The Balaban J connectivity index is 1.73. The molecule has 2 aliphatic heterocycles. The predicted octanol–water partition coefficient (Wildman–Crippen LogP) is 0.885. The Kier molecular flexibility index (Phi) is 4.40. The molecule has 22 heavy (non-hydrogen) atoms. The highest BCUT2D eigenvalue weighted by Crippen LogP contribution is 2.33. The highest BCUT2D eigenvalue weighted by Gasteiger charge is 2.42. The Bertz CT molecular complexity index is 626. The van der Waals surface area contributed by atoms with Crippen LogP contribution in [0.4, 0.5) is 0 Å². The number of sulfonamides is 1. The standard InChI is InChI=1S/C15H22N2O4S/c1-20-13-5-2-3-6-14(13)22(18,19)17-12-9-15(21-10-12)7-4-8-16-11-15/h2-3,5-6,12,16-17H,4,7-11H2,1H3. The summed E-state index contributed by atoms with van der Waals surface area (Å²) in [4.78, 5) is 0.167. The average molecular weight is 326 g/mol. The van der Waals surface area contributed by atoms with Crippen molar-refractivity contribution in [2.45, 2.75) is 35.8 Å². The SMILES string of the molecule is COc1ccccc1S(=O)(=O)NC1COC2(CCCNC2)C1. The first kappa shape index (κ1) is 15.7. The van der Waals surface area contributed by atoms with Crippen molar-refractivity contribution in [3.63, 3.8) is 0 Å². The maximum Gasteiger partial charge on any atom is 0.244 e. The lowest BCUT2D eigenvalue weighted by Crippen LogP contribution is -2.46. The van der Waals surface area contributed by atoms with Crippen LogP contribution in [0.15, 0.2) is 29.2 Å². The lowest BCUT2D eigenvalue weighted by Gasteiger charge is -2.33. The van der Waals surface area contributed by atoms with Crippen molar-refractivity contribution in [3.8, 4) is 5.75 Å². The molecule has 2 fully saturated rings. The maximum atomic E-state index is 12.6. The maximum absolute atomic E-state index is 12.6. The van der Waals surface area contributed by atoms with Gasteiger partial charge in [0.15, 0.2) is 0 Å². The third kappa shape index (κ3) is 3.12. The topological polar surface area (TPSA) is 76.7 Å². The quantitative estimate of drug-likeness (QED) is 0.859. The minimum absolute atomic E-state index is 0.167. The predicted molar refractivity (Wildman–Crippen MR) is 82.5 cm³/mol. The zero-order valence-corrected chi connectivity index (χ0v) is 13.5. The molecule has 7 heteroatoms. The number of piperidine rings is 1. The molecule has 2 saturated heterocycles. The molecule has 1 aromatic rings. The van der Waals surface area contributed by atoms with Gasteiger partial charge in [0.2, 0.25) is 10.0 Å². The number of nitrogens with one attached hydrogen (secondary N) is 2. The Hall–Kier alpha value is -1.15. The summed E-state index contributed by atoms with van der Waals surface area (Å²) in [5.74, 6) is 0.350. The minimum Gasteiger partial charge on any atom is -0.495 e. The van der Waals surface area contributed by atoms with E-state index in [0.717, 1.165) is 25.9 Å². The van der Waals surface area contributed by atoms with Gasteiger partial charge in [-0.3, -0.25) is 0 Å². The summed E-state index contributed by atoms with van der Waals surface area (Å²) in [5.41, 5.74) is -0.216. The monoisotopic (exact) mass is 326 g/mol. The fourth-order valence-electron chi connectivity index (χ4n) is 3.28. The molecule has 2 aliphatic rings. The Labute approximate surface area is 131 Å². The molecule has 0 aliphatic carbocycles. The molecule has 0 bridgehead atoms. The van der Waals surface area contributed by atoms with Crippen molar-refractivity contribution >= 4 is 10.0 Å². The van der Waals surface area contributed by atoms with E-state index in [1.807, 2.05) is 0 Å². The van der Waals surface area contributed by atoms with Crippen molar-refractivity contribution < 1.29 is 17.9 Å². The van der Waals surface area contributed by atoms with Gasteiger partial charge in [0.1, 0.15) is 10.6 Å². The van der Waals surface area contributed by atoms with Gasteiger partial charge in [-0.1, -0.05) is 12.1 Å². The summed E-state index contributed by atoms with van der Waals surface area (Å²) < 4.78 is 39.0. The highest BCUT2D eigenvalue weighted by atomic mass is 32.2. The lowest BCUT2D eigenvalue weighted by atomic mass is 9.90. The molecule has 2 unspecified atom stereocenters. The van der Waals surface area contributed by atoms with E-state index in [-0.39, 0.29) is 16.5 Å². The molecule has 122 valence electrons. The number of hydrogen-bond acceptors (Lipinski definition) is 5. The normalized spacial score (nSPS) is 28.9. The van der Waals surface area contributed by atoms with Gasteiger partial charge in [0.05, 0.1) is 19.3 Å². The third-order valence-corrected chi connectivity index (χ3v) is 5.88. The molecule has 0 aromatic heterocycles. The second-order valence-corrected chi connectivity index (χ2v) is 7.63. The summed E-state index contributed by atoms with van der Waals surface area (Å²) in [5, 5.41) is 3.33. The lowest BCUT2D eigenvalue weighted by molar-refractivity contribution is -0.0139. The van der Waals surface area contributed by atoms with Gasteiger partial charge in [-0.15, -0.1) is 0 Å². The van der Waals surface area contributed by atoms with Crippen molar-refractivity contribution in [1.29, 1.82) is 0 Å². The van der Waals surface area contributed by atoms with Gasteiger partial charge in [-0.05, 0) is 37.9 Å². The van der Waals surface area contributed by atoms with E-state index >= 15 is 0 Å². The van der Waals surface area contributed by atoms with E-state index < -0.39 is 10.0 Å². The number of benzene rings is 1. The summed E-state index contributed by atoms with van der Waals surface area (Å²) >= 11 is 0. The summed E-state index contributed by atoms with van der Waals surface area (Å²) in [7, 11) is -2.15. The van der Waals surface area contributed by atoms with E-state index in [9.17, 15) is 8.42 Å². The van der Waals surface area contributed by atoms with Crippen molar-refractivity contribution in [1.82, 2.24) is 10.0 Å². The van der Waals surface area contributed by atoms with Crippen molar-refractivity contribution in [2.75, 3.05) is 26.8 Å². The molecule has 0 radical (unpaired) electrons.